The van der Waals surface area contributed by atoms with Gasteiger partial charge in [0.05, 0.1) is 6.54 Å². The number of aryl methyl sites for hydroxylation is 2. The third kappa shape index (κ3) is 1.79. The molecule has 0 radical (unpaired) electrons. The molecular weight excluding hydrogens is 188 g/mol. The van der Waals surface area contributed by atoms with E-state index in [0.29, 0.717) is 0 Å². The number of fused-ring (bicyclic) bond motifs is 1. The number of nitrogens with one attached hydrogen (secondary N) is 3. The lowest BCUT2D eigenvalue weighted by molar-refractivity contribution is -0.374. The van der Waals surface area contributed by atoms with Gasteiger partial charge in [-0.15, -0.1) is 0 Å². The molecule has 2 rings (SSSR count). The zero-order valence-corrected chi connectivity index (χ0v) is 9.44. The van der Waals surface area contributed by atoms with Crippen LogP contribution in [0.1, 0.15) is 24.7 Å². The smallest absolute Gasteiger partial charge is 0.235 e. The van der Waals surface area contributed by atoms with Crippen LogP contribution in [0.4, 0.5) is 5.82 Å². The minimum Gasteiger partial charge on any atom is -0.332 e. The molecule has 4 nitrogen and oxygen atoms in total. The standard InChI is InChI=1S/C11H16N4/c1-4-5-12-10-9-7(2)6-13-11(9)15-8(3)14-10/h6H,4-5H2,1-3H3,(H2,12,13,14,15)/p+1. The highest BCUT2D eigenvalue weighted by molar-refractivity contribution is 5.88. The van der Waals surface area contributed by atoms with Crippen molar-refractivity contribution >= 4 is 16.9 Å². The third-order valence-corrected chi connectivity index (χ3v) is 2.44. The predicted molar refractivity (Wildman–Crippen MR) is 60.9 cm³/mol. The summed E-state index contributed by atoms with van der Waals surface area (Å²) in [6.45, 7) is 7.18. The van der Waals surface area contributed by atoms with E-state index in [1.54, 1.807) is 0 Å². The van der Waals surface area contributed by atoms with Crippen LogP contribution in [0.5, 0.6) is 0 Å². The number of rotatable bonds is 3. The number of aromatic nitrogens is 3. The van der Waals surface area contributed by atoms with Gasteiger partial charge >= 0.3 is 0 Å². The average Bonchev–Trinajstić information content (AvgIpc) is 2.56. The number of hydrogen-bond acceptors (Lipinski definition) is 2. The highest BCUT2D eigenvalue weighted by Gasteiger charge is 2.14. The number of hydrogen-bond donors (Lipinski definition) is 2. The van der Waals surface area contributed by atoms with Gasteiger partial charge in [-0.25, -0.2) is 4.98 Å². The Morgan fingerprint density at radius 1 is 1.47 bits per heavy atom. The van der Waals surface area contributed by atoms with E-state index in [4.69, 9.17) is 0 Å². The molecular formula is C11H17N4+. The van der Waals surface area contributed by atoms with E-state index in [1.807, 2.05) is 13.1 Å². The molecule has 2 aromatic heterocycles. The summed E-state index contributed by atoms with van der Waals surface area (Å²) < 4.78 is 0. The summed E-state index contributed by atoms with van der Waals surface area (Å²) >= 11 is 0. The molecule has 0 amide bonds. The van der Waals surface area contributed by atoms with Crippen LogP contribution < -0.4 is 10.3 Å². The summed E-state index contributed by atoms with van der Waals surface area (Å²) in [6, 6.07) is 0. The molecule has 2 aromatic rings. The number of H-pyrrole nitrogens is 2. The highest BCUT2D eigenvalue weighted by Crippen LogP contribution is 2.20. The summed E-state index contributed by atoms with van der Waals surface area (Å²) in [5.41, 5.74) is 2.16. The van der Waals surface area contributed by atoms with E-state index in [-0.39, 0.29) is 0 Å². The van der Waals surface area contributed by atoms with Gasteiger partial charge in [0.2, 0.25) is 17.3 Å². The SMILES string of the molecule is CCCNc1[nH+]c(C)nc2[nH]cc(C)c12. The third-order valence-electron chi connectivity index (χ3n) is 2.44. The molecule has 0 bridgehead atoms. The molecule has 0 saturated heterocycles. The van der Waals surface area contributed by atoms with E-state index in [2.05, 4.69) is 34.1 Å². The van der Waals surface area contributed by atoms with Gasteiger partial charge < -0.3 is 10.3 Å². The molecule has 0 unspecified atom stereocenters. The van der Waals surface area contributed by atoms with E-state index < -0.39 is 0 Å². The lowest BCUT2D eigenvalue weighted by Crippen LogP contribution is -2.18. The second-order valence-electron chi connectivity index (χ2n) is 3.82. The van der Waals surface area contributed by atoms with E-state index in [1.165, 1.54) is 5.56 Å². The zero-order valence-electron chi connectivity index (χ0n) is 9.44. The topological polar surface area (TPSA) is 54.9 Å². The molecule has 15 heavy (non-hydrogen) atoms. The summed E-state index contributed by atoms with van der Waals surface area (Å²) in [7, 11) is 0. The first-order valence-corrected chi connectivity index (χ1v) is 5.34. The molecule has 0 aromatic carbocycles. The molecule has 4 heteroatoms. The molecule has 0 aliphatic rings. The fraction of sp³-hybridized carbons (Fsp3) is 0.455. The van der Waals surface area contributed by atoms with Crippen molar-refractivity contribution in [3.8, 4) is 0 Å². The number of anilines is 1. The van der Waals surface area contributed by atoms with Crippen LogP contribution in [-0.4, -0.2) is 16.5 Å². The van der Waals surface area contributed by atoms with Gasteiger partial charge in [0, 0.05) is 13.1 Å². The lowest BCUT2D eigenvalue weighted by atomic mass is 10.2. The van der Waals surface area contributed by atoms with Crippen molar-refractivity contribution in [2.75, 3.05) is 11.9 Å². The quantitative estimate of drug-likeness (QED) is 0.803. The zero-order chi connectivity index (χ0) is 10.8. The first-order valence-electron chi connectivity index (χ1n) is 5.34. The lowest BCUT2D eigenvalue weighted by Gasteiger charge is -2.01. The van der Waals surface area contributed by atoms with Gasteiger partial charge in [-0.05, 0) is 18.9 Å². The molecule has 0 spiro atoms. The Hall–Kier alpha value is -1.58. The van der Waals surface area contributed by atoms with Crippen LogP contribution in [0.25, 0.3) is 11.0 Å². The van der Waals surface area contributed by atoms with Gasteiger partial charge in [-0.1, -0.05) is 11.9 Å². The van der Waals surface area contributed by atoms with Crippen LogP contribution in [-0.2, 0) is 0 Å². The molecule has 3 N–H and O–H groups in total. The van der Waals surface area contributed by atoms with Gasteiger partial charge in [-0.3, -0.25) is 0 Å². The van der Waals surface area contributed by atoms with Crippen LogP contribution in [0.2, 0.25) is 0 Å². The largest absolute Gasteiger partial charge is 0.332 e. The Kier molecular flexibility index (Phi) is 2.58. The van der Waals surface area contributed by atoms with Gasteiger partial charge in [-0.2, -0.15) is 0 Å². The Labute approximate surface area is 89.1 Å². The van der Waals surface area contributed by atoms with E-state index in [9.17, 15) is 0 Å². The van der Waals surface area contributed by atoms with Gasteiger partial charge in [0.15, 0.2) is 0 Å². The maximum absolute atomic E-state index is 4.41. The average molecular weight is 205 g/mol. The fourth-order valence-electron chi connectivity index (χ4n) is 1.73. The summed E-state index contributed by atoms with van der Waals surface area (Å²) in [6.07, 6.45) is 3.10. The summed E-state index contributed by atoms with van der Waals surface area (Å²) in [5, 5.41) is 4.55. The van der Waals surface area contributed by atoms with Crippen LogP contribution in [0, 0.1) is 13.8 Å². The summed E-state index contributed by atoms with van der Waals surface area (Å²) in [4.78, 5) is 10.9. The van der Waals surface area contributed by atoms with Gasteiger partial charge in [0.25, 0.3) is 0 Å². The second kappa shape index (κ2) is 3.88. The molecule has 0 aliphatic carbocycles. The minimum absolute atomic E-state index is 0.919. The van der Waals surface area contributed by atoms with Gasteiger partial charge in [0.1, 0.15) is 5.39 Å². The first-order chi connectivity index (χ1) is 7.22. The van der Waals surface area contributed by atoms with Crippen molar-refractivity contribution in [3.63, 3.8) is 0 Å². The monoisotopic (exact) mass is 205 g/mol. The Bertz CT molecular complexity index is 473. The minimum atomic E-state index is 0.919. The van der Waals surface area contributed by atoms with Crippen LogP contribution >= 0.6 is 0 Å². The molecule has 0 fully saturated rings. The van der Waals surface area contributed by atoms with Crippen molar-refractivity contribution in [2.24, 2.45) is 0 Å². The molecule has 0 atom stereocenters. The molecule has 0 aliphatic heterocycles. The Morgan fingerprint density at radius 2 is 2.27 bits per heavy atom. The van der Waals surface area contributed by atoms with Crippen LogP contribution in [0.3, 0.4) is 0 Å². The van der Waals surface area contributed by atoms with Crippen LogP contribution in [0.15, 0.2) is 6.20 Å². The fourth-order valence-corrected chi connectivity index (χ4v) is 1.73. The highest BCUT2D eigenvalue weighted by atomic mass is 15.0. The number of aromatic amines is 2. The Morgan fingerprint density at radius 3 is 3.00 bits per heavy atom. The van der Waals surface area contributed by atoms with Crippen molar-refractivity contribution in [2.45, 2.75) is 27.2 Å². The van der Waals surface area contributed by atoms with Crippen molar-refractivity contribution in [3.05, 3.63) is 17.6 Å². The normalized spacial score (nSPS) is 10.9. The van der Waals surface area contributed by atoms with E-state index >= 15 is 0 Å². The maximum Gasteiger partial charge on any atom is 0.235 e. The first kappa shape index (κ1) is 9.96. The number of nitrogens with zero attached hydrogens (tertiary/aromatic N) is 1. The van der Waals surface area contributed by atoms with Crippen molar-refractivity contribution < 1.29 is 4.98 Å². The van der Waals surface area contributed by atoms with E-state index in [0.717, 1.165) is 35.6 Å². The molecule has 2 heterocycles. The van der Waals surface area contributed by atoms with Crippen molar-refractivity contribution in [1.82, 2.24) is 9.97 Å². The summed E-state index contributed by atoms with van der Waals surface area (Å²) in [5.74, 6) is 1.99. The second-order valence-corrected chi connectivity index (χ2v) is 3.82. The molecule has 0 saturated carbocycles. The maximum atomic E-state index is 4.41. The molecule has 80 valence electrons. The predicted octanol–water partition coefficient (Wildman–Crippen LogP) is 1.82. The van der Waals surface area contributed by atoms with Crippen molar-refractivity contribution in [1.29, 1.82) is 0 Å². The Balaban J connectivity index is 2.53.